The second kappa shape index (κ2) is 7.29. The molecule has 0 fully saturated rings. The van der Waals surface area contributed by atoms with Gasteiger partial charge in [0.05, 0.1) is 25.0 Å². The van der Waals surface area contributed by atoms with Crippen LogP contribution >= 0.6 is 0 Å². The summed E-state index contributed by atoms with van der Waals surface area (Å²) in [5, 5.41) is 7.49. The van der Waals surface area contributed by atoms with Crippen molar-refractivity contribution in [2.24, 2.45) is 7.05 Å². The largest absolute Gasteiger partial charge is 0.493 e. The molecule has 1 rings (SSSR count). The van der Waals surface area contributed by atoms with Gasteiger partial charge in [-0.25, -0.2) is 0 Å². The average molecular weight is 241 g/mol. The van der Waals surface area contributed by atoms with E-state index in [2.05, 4.69) is 17.3 Å². The summed E-state index contributed by atoms with van der Waals surface area (Å²) in [7, 11) is 5.53. The van der Waals surface area contributed by atoms with Gasteiger partial charge >= 0.3 is 0 Å². The summed E-state index contributed by atoms with van der Waals surface area (Å²) in [4.78, 5) is 0. The summed E-state index contributed by atoms with van der Waals surface area (Å²) in [5.74, 6) is 0.822. The first-order valence-corrected chi connectivity index (χ1v) is 6.05. The summed E-state index contributed by atoms with van der Waals surface area (Å²) < 4.78 is 12.7. The highest BCUT2D eigenvalue weighted by molar-refractivity contribution is 5.28. The Morgan fingerprint density at radius 1 is 1.47 bits per heavy atom. The molecule has 98 valence electrons. The van der Waals surface area contributed by atoms with Crippen molar-refractivity contribution in [3.05, 3.63) is 11.9 Å². The molecule has 0 aliphatic heterocycles. The van der Waals surface area contributed by atoms with E-state index >= 15 is 0 Å². The molecular weight excluding hydrogens is 218 g/mol. The van der Waals surface area contributed by atoms with Crippen molar-refractivity contribution in [1.29, 1.82) is 0 Å². The van der Waals surface area contributed by atoms with Gasteiger partial charge in [0.1, 0.15) is 0 Å². The van der Waals surface area contributed by atoms with Crippen LogP contribution in [0, 0.1) is 0 Å². The number of ether oxygens (including phenoxy) is 2. The maximum Gasteiger partial charge on any atom is 0.161 e. The first-order chi connectivity index (χ1) is 8.24. The van der Waals surface area contributed by atoms with E-state index in [1.165, 1.54) is 0 Å². The predicted octanol–water partition coefficient (Wildman–Crippen LogP) is 1.51. The number of aromatic nitrogens is 2. The molecular formula is C12H23N3O2. The van der Waals surface area contributed by atoms with Crippen LogP contribution in [0.1, 0.15) is 31.5 Å². The number of nitrogens with one attached hydrogen (secondary N) is 1. The molecule has 1 heterocycles. The van der Waals surface area contributed by atoms with Gasteiger partial charge in [-0.05, 0) is 19.9 Å². The van der Waals surface area contributed by atoms with Crippen molar-refractivity contribution >= 4 is 0 Å². The summed E-state index contributed by atoms with van der Waals surface area (Å²) in [6.07, 6.45) is 3.71. The van der Waals surface area contributed by atoms with Gasteiger partial charge in [-0.2, -0.15) is 5.10 Å². The van der Waals surface area contributed by atoms with Crippen molar-refractivity contribution in [1.82, 2.24) is 15.1 Å². The second-order valence-electron chi connectivity index (χ2n) is 3.96. The molecule has 1 aromatic rings. The number of rotatable bonds is 8. The minimum Gasteiger partial charge on any atom is -0.493 e. The van der Waals surface area contributed by atoms with Crippen LogP contribution < -0.4 is 10.1 Å². The fourth-order valence-corrected chi connectivity index (χ4v) is 1.85. The van der Waals surface area contributed by atoms with Gasteiger partial charge in [-0.15, -0.1) is 0 Å². The highest BCUT2D eigenvalue weighted by Crippen LogP contribution is 2.26. The lowest BCUT2D eigenvalue weighted by Gasteiger charge is -2.17. The Morgan fingerprint density at radius 2 is 2.24 bits per heavy atom. The topological polar surface area (TPSA) is 48.3 Å². The molecule has 1 aromatic heterocycles. The van der Waals surface area contributed by atoms with E-state index in [9.17, 15) is 0 Å². The van der Waals surface area contributed by atoms with Gasteiger partial charge in [-0.3, -0.25) is 4.68 Å². The van der Waals surface area contributed by atoms with E-state index in [1.54, 1.807) is 13.3 Å². The third-order valence-electron chi connectivity index (χ3n) is 2.75. The molecule has 1 atom stereocenters. The summed E-state index contributed by atoms with van der Waals surface area (Å²) in [5.41, 5.74) is 1.06. The lowest BCUT2D eigenvalue weighted by molar-refractivity contribution is 0.124. The summed E-state index contributed by atoms with van der Waals surface area (Å²) in [6.45, 7) is 3.67. The monoisotopic (exact) mass is 241 g/mol. The van der Waals surface area contributed by atoms with Gasteiger partial charge in [-0.1, -0.05) is 6.92 Å². The number of aryl methyl sites for hydroxylation is 1. The lowest BCUT2D eigenvalue weighted by Crippen LogP contribution is -2.21. The molecule has 1 N–H and O–H groups in total. The van der Waals surface area contributed by atoms with Crippen LogP contribution in [-0.4, -0.2) is 37.2 Å². The van der Waals surface area contributed by atoms with Crippen LogP contribution in [0.4, 0.5) is 0 Å². The van der Waals surface area contributed by atoms with Crippen LogP contribution in [0.25, 0.3) is 0 Å². The number of nitrogens with zero attached hydrogens (tertiary/aromatic N) is 2. The molecule has 0 aromatic carbocycles. The van der Waals surface area contributed by atoms with Crippen LogP contribution in [0.5, 0.6) is 5.75 Å². The molecule has 0 saturated carbocycles. The van der Waals surface area contributed by atoms with Crippen molar-refractivity contribution in [3.8, 4) is 5.75 Å². The van der Waals surface area contributed by atoms with Crippen molar-refractivity contribution in [3.63, 3.8) is 0 Å². The zero-order valence-electron chi connectivity index (χ0n) is 11.2. The highest BCUT2D eigenvalue weighted by Gasteiger charge is 2.18. The van der Waals surface area contributed by atoms with Gasteiger partial charge in [0, 0.05) is 20.3 Å². The molecule has 0 spiro atoms. The minimum atomic E-state index is 0.203. The second-order valence-corrected chi connectivity index (χ2v) is 3.96. The zero-order chi connectivity index (χ0) is 12.7. The molecule has 1 unspecified atom stereocenters. The minimum absolute atomic E-state index is 0.203. The van der Waals surface area contributed by atoms with E-state index < -0.39 is 0 Å². The Hall–Kier alpha value is -1.07. The first-order valence-electron chi connectivity index (χ1n) is 6.05. The maximum atomic E-state index is 5.52. The van der Waals surface area contributed by atoms with Crippen molar-refractivity contribution in [2.75, 3.05) is 27.4 Å². The molecule has 0 saturated heterocycles. The number of hydrogen-bond acceptors (Lipinski definition) is 4. The number of hydrogen-bond donors (Lipinski definition) is 1. The Kier molecular flexibility index (Phi) is 6.00. The molecule has 0 bridgehead atoms. The Balaban J connectivity index is 2.62. The third-order valence-corrected chi connectivity index (χ3v) is 2.75. The van der Waals surface area contributed by atoms with Gasteiger partial charge in [0.25, 0.3) is 0 Å². The van der Waals surface area contributed by atoms with E-state index in [0.717, 1.165) is 37.5 Å². The fourth-order valence-electron chi connectivity index (χ4n) is 1.85. The van der Waals surface area contributed by atoms with Crippen LogP contribution in [0.2, 0.25) is 0 Å². The van der Waals surface area contributed by atoms with Crippen LogP contribution in [-0.2, 0) is 11.8 Å². The van der Waals surface area contributed by atoms with Gasteiger partial charge in [0.15, 0.2) is 5.75 Å². The van der Waals surface area contributed by atoms with Gasteiger partial charge in [0.2, 0.25) is 0 Å². The van der Waals surface area contributed by atoms with E-state index in [4.69, 9.17) is 9.47 Å². The van der Waals surface area contributed by atoms with Crippen molar-refractivity contribution in [2.45, 2.75) is 25.8 Å². The van der Waals surface area contributed by atoms with Crippen LogP contribution in [0.3, 0.4) is 0 Å². The average Bonchev–Trinajstić information content (AvgIpc) is 2.71. The normalized spacial score (nSPS) is 12.7. The standard InChI is InChI=1S/C12H23N3O2/c1-5-7-17-8-6-10(13-2)12-11(16-4)9-14-15(12)3/h9-10,13H,5-8H2,1-4H3. The third kappa shape index (κ3) is 3.71. The fraction of sp³-hybridized carbons (Fsp3) is 0.750. The smallest absolute Gasteiger partial charge is 0.161 e. The Morgan fingerprint density at radius 3 is 2.82 bits per heavy atom. The van der Waals surface area contributed by atoms with E-state index in [1.807, 2.05) is 18.8 Å². The Bertz CT molecular complexity index is 326. The summed E-state index contributed by atoms with van der Waals surface area (Å²) in [6, 6.07) is 0.203. The van der Waals surface area contributed by atoms with Gasteiger partial charge < -0.3 is 14.8 Å². The molecule has 17 heavy (non-hydrogen) atoms. The first kappa shape index (κ1) is 14.0. The van der Waals surface area contributed by atoms with E-state index in [-0.39, 0.29) is 6.04 Å². The SMILES string of the molecule is CCCOCCC(NC)c1c(OC)cnn1C. The Labute approximate surface area is 103 Å². The summed E-state index contributed by atoms with van der Waals surface area (Å²) >= 11 is 0. The van der Waals surface area contributed by atoms with Crippen LogP contribution in [0.15, 0.2) is 6.20 Å². The lowest BCUT2D eigenvalue weighted by atomic mass is 10.1. The molecule has 0 radical (unpaired) electrons. The van der Waals surface area contributed by atoms with Crippen molar-refractivity contribution < 1.29 is 9.47 Å². The van der Waals surface area contributed by atoms with E-state index in [0.29, 0.717) is 0 Å². The zero-order valence-corrected chi connectivity index (χ0v) is 11.2. The molecule has 0 amide bonds. The molecule has 0 aliphatic carbocycles. The quantitative estimate of drug-likeness (QED) is 0.701. The molecule has 0 aliphatic rings. The number of methoxy groups -OCH3 is 1. The highest BCUT2D eigenvalue weighted by atomic mass is 16.5. The molecule has 5 nitrogen and oxygen atoms in total. The molecule has 5 heteroatoms. The maximum absolute atomic E-state index is 5.52. The predicted molar refractivity (Wildman–Crippen MR) is 67.3 cm³/mol.